The molecule has 120 valence electrons. The van der Waals surface area contributed by atoms with E-state index in [-0.39, 0.29) is 30.0 Å². The zero-order chi connectivity index (χ0) is 16.3. The molecule has 0 radical (unpaired) electrons. The molecule has 0 saturated carbocycles. The fourth-order valence-electron chi connectivity index (χ4n) is 2.31. The quantitative estimate of drug-likeness (QED) is 0.871. The van der Waals surface area contributed by atoms with Gasteiger partial charge in [0.2, 0.25) is 5.91 Å². The summed E-state index contributed by atoms with van der Waals surface area (Å²) in [5, 5.41) is -0.0967. The van der Waals surface area contributed by atoms with Gasteiger partial charge in [0.05, 0.1) is 11.1 Å². The maximum absolute atomic E-state index is 13.0. The zero-order valence-electron chi connectivity index (χ0n) is 11.9. The molecular formula is C14H16ClFN2O4. The van der Waals surface area contributed by atoms with Crippen LogP contribution in [0, 0.1) is 5.82 Å². The van der Waals surface area contributed by atoms with Gasteiger partial charge in [0.1, 0.15) is 17.6 Å². The molecule has 1 aromatic carbocycles. The first kappa shape index (κ1) is 16.5. The third kappa shape index (κ3) is 3.66. The third-order valence-electron chi connectivity index (χ3n) is 3.50. The molecule has 1 aliphatic rings. The average molecular weight is 331 g/mol. The Morgan fingerprint density at radius 1 is 1.50 bits per heavy atom. The van der Waals surface area contributed by atoms with Crippen molar-refractivity contribution in [2.75, 3.05) is 20.3 Å². The number of nitrogens with two attached hydrogens (primary N) is 1. The number of hydrogen-bond acceptors (Lipinski definition) is 4. The van der Waals surface area contributed by atoms with Crippen molar-refractivity contribution in [2.45, 2.75) is 18.6 Å². The van der Waals surface area contributed by atoms with Crippen molar-refractivity contribution < 1.29 is 23.5 Å². The van der Waals surface area contributed by atoms with Crippen LogP contribution in [-0.4, -0.2) is 49.1 Å². The van der Waals surface area contributed by atoms with Gasteiger partial charge in [-0.2, -0.15) is 0 Å². The van der Waals surface area contributed by atoms with E-state index in [9.17, 15) is 14.0 Å². The summed E-state index contributed by atoms with van der Waals surface area (Å²) >= 11 is 5.63. The van der Waals surface area contributed by atoms with Crippen molar-refractivity contribution in [2.24, 2.45) is 5.73 Å². The summed E-state index contributed by atoms with van der Waals surface area (Å²) in [6.07, 6.45) is 0.127. The minimum atomic E-state index is -0.710. The van der Waals surface area contributed by atoms with E-state index in [2.05, 4.69) is 0 Å². The average Bonchev–Trinajstić information content (AvgIpc) is 2.93. The summed E-state index contributed by atoms with van der Waals surface area (Å²) in [4.78, 5) is 24.9. The topological polar surface area (TPSA) is 81.9 Å². The predicted octanol–water partition coefficient (Wildman–Crippen LogP) is 0.959. The normalized spacial score (nSPS) is 21.0. The third-order valence-corrected chi connectivity index (χ3v) is 3.79. The van der Waals surface area contributed by atoms with E-state index in [1.165, 1.54) is 24.1 Å². The Kier molecular flexibility index (Phi) is 5.20. The molecular weight excluding hydrogens is 315 g/mol. The Labute approximate surface area is 131 Å². The molecule has 8 heteroatoms. The van der Waals surface area contributed by atoms with Crippen LogP contribution in [0.4, 0.5) is 4.39 Å². The number of primary amides is 1. The first-order chi connectivity index (χ1) is 10.4. The molecule has 2 atom stereocenters. The molecule has 2 rings (SSSR count). The molecule has 6 nitrogen and oxygen atoms in total. The van der Waals surface area contributed by atoms with Gasteiger partial charge in [-0.05, 0) is 12.1 Å². The highest BCUT2D eigenvalue weighted by Crippen LogP contribution is 2.22. The number of rotatable bonds is 5. The number of methoxy groups -OCH3 is 1. The van der Waals surface area contributed by atoms with Crippen LogP contribution in [0.5, 0.6) is 5.75 Å². The number of amides is 2. The molecule has 0 spiro atoms. The molecule has 1 aliphatic heterocycles. The number of benzene rings is 1. The summed E-state index contributed by atoms with van der Waals surface area (Å²) in [5.74, 6) is -1.30. The van der Waals surface area contributed by atoms with Crippen LogP contribution in [-0.2, 0) is 14.3 Å². The minimum absolute atomic E-state index is 0.0967. The van der Waals surface area contributed by atoms with Crippen molar-refractivity contribution in [3.05, 3.63) is 29.0 Å². The summed E-state index contributed by atoms with van der Waals surface area (Å²) in [5.41, 5.74) is 5.30. The van der Waals surface area contributed by atoms with Crippen molar-refractivity contribution in [3.8, 4) is 5.75 Å². The van der Waals surface area contributed by atoms with Gasteiger partial charge in [0.15, 0.2) is 6.61 Å². The van der Waals surface area contributed by atoms with E-state index in [0.29, 0.717) is 6.42 Å². The number of halogens is 2. The van der Waals surface area contributed by atoms with E-state index in [4.69, 9.17) is 26.8 Å². The fraction of sp³-hybridized carbons (Fsp3) is 0.429. The van der Waals surface area contributed by atoms with Gasteiger partial charge in [0.25, 0.3) is 5.91 Å². The van der Waals surface area contributed by atoms with E-state index in [0.717, 1.165) is 6.07 Å². The lowest BCUT2D eigenvalue weighted by Crippen LogP contribution is -2.45. The first-order valence-corrected chi connectivity index (χ1v) is 6.99. The van der Waals surface area contributed by atoms with Crippen LogP contribution in [0.1, 0.15) is 6.42 Å². The highest BCUT2D eigenvalue weighted by Gasteiger charge is 2.38. The van der Waals surface area contributed by atoms with Crippen LogP contribution in [0.25, 0.3) is 0 Å². The van der Waals surface area contributed by atoms with E-state index < -0.39 is 23.7 Å². The van der Waals surface area contributed by atoms with Gasteiger partial charge < -0.3 is 20.1 Å². The lowest BCUT2D eigenvalue weighted by atomic mass is 10.2. The predicted molar refractivity (Wildman–Crippen MR) is 77.0 cm³/mol. The van der Waals surface area contributed by atoms with Crippen LogP contribution >= 0.6 is 11.6 Å². The molecule has 2 N–H and O–H groups in total. The van der Waals surface area contributed by atoms with Gasteiger partial charge in [-0.15, -0.1) is 0 Å². The Bertz CT molecular complexity index is 584. The Balaban J connectivity index is 1.98. The number of carbonyl (C=O) groups excluding carboxylic acids is 2. The number of carbonyl (C=O) groups is 2. The molecule has 0 unspecified atom stereocenters. The second kappa shape index (κ2) is 6.93. The Morgan fingerprint density at radius 2 is 2.23 bits per heavy atom. The zero-order valence-corrected chi connectivity index (χ0v) is 12.7. The molecule has 1 saturated heterocycles. The maximum atomic E-state index is 13.0. The van der Waals surface area contributed by atoms with Crippen molar-refractivity contribution in [1.82, 2.24) is 4.90 Å². The van der Waals surface area contributed by atoms with Crippen LogP contribution in [0.3, 0.4) is 0 Å². The second-order valence-corrected chi connectivity index (χ2v) is 5.33. The number of hydrogen-bond donors (Lipinski definition) is 1. The molecule has 0 aromatic heterocycles. The van der Waals surface area contributed by atoms with Crippen LogP contribution in [0.2, 0.25) is 5.02 Å². The van der Waals surface area contributed by atoms with Gasteiger partial charge in [-0.25, -0.2) is 4.39 Å². The van der Waals surface area contributed by atoms with Crippen molar-refractivity contribution in [1.29, 1.82) is 0 Å². The summed E-state index contributed by atoms with van der Waals surface area (Å²) in [6.45, 7) is -0.0291. The van der Waals surface area contributed by atoms with Gasteiger partial charge in [0, 0.05) is 26.1 Å². The van der Waals surface area contributed by atoms with Crippen LogP contribution < -0.4 is 10.5 Å². The number of nitrogens with zero attached hydrogens (tertiary/aromatic N) is 1. The monoisotopic (exact) mass is 330 g/mol. The summed E-state index contributed by atoms with van der Waals surface area (Å²) < 4.78 is 23.5. The molecule has 2 amide bonds. The van der Waals surface area contributed by atoms with Gasteiger partial charge in [-0.1, -0.05) is 11.6 Å². The maximum Gasteiger partial charge on any atom is 0.261 e. The Morgan fingerprint density at radius 3 is 2.82 bits per heavy atom. The Hall–Kier alpha value is -1.86. The highest BCUT2D eigenvalue weighted by atomic mass is 35.5. The molecule has 0 bridgehead atoms. The van der Waals surface area contributed by atoms with Gasteiger partial charge >= 0.3 is 0 Å². The van der Waals surface area contributed by atoms with Gasteiger partial charge in [-0.3, -0.25) is 9.59 Å². The standard InChI is InChI=1S/C14H16ClFN2O4/c1-21-9-5-12(14(17)20)18(6-9)13(19)7-22-8-2-3-11(16)10(15)4-8/h2-4,9,12H,5-7H2,1H3,(H2,17,20)/t9-,12-/m0/s1. The minimum Gasteiger partial charge on any atom is -0.484 e. The van der Waals surface area contributed by atoms with Crippen molar-refractivity contribution in [3.63, 3.8) is 0 Å². The summed E-state index contributed by atoms with van der Waals surface area (Å²) in [6, 6.07) is 3.07. The lowest BCUT2D eigenvalue weighted by Gasteiger charge is -2.22. The van der Waals surface area contributed by atoms with E-state index >= 15 is 0 Å². The largest absolute Gasteiger partial charge is 0.484 e. The highest BCUT2D eigenvalue weighted by molar-refractivity contribution is 6.30. The number of likely N-dealkylation sites (tertiary alicyclic amines) is 1. The van der Waals surface area contributed by atoms with Crippen molar-refractivity contribution >= 4 is 23.4 Å². The lowest BCUT2D eigenvalue weighted by molar-refractivity contribution is -0.139. The molecule has 1 aromatic rings. The SMILES string of the molecule is CO[C@H]1C[C@@H](C(N)=O)N(C(=O)COc2ccc(F)c(Cl)c2)C1. The molecule has 1 fully saturated rings. The summed E-state index contributed by atoms with van der Waals surface area (Å²) in [7, 11) is 1.51. The number of ether oxygens (including phenoxy) is 2. The molecule has 22 heavy (non-hydrogen) atoms. The molecule has 1 heterocycles. The fourth-order valence-corrected chi connectivity index (χ4v) is 2.48. The first-order valence-electron chi connectivity index (χ1n) is 6.61. The van der Waals surface area contributed by atoms with Crippen LogP contribution in [0.15, 0.2) is 18.2 Å². The second-order valence-electron chi connectivity index (χ2n) is 4.92. The smallest absolute Gasteiger partial charge is 0.261 e. The van der Waals surface area contributed by atoms with E-state index in [1.807, 2.05) is 0 Å². The molecule has 0 aliphatic carbocycles. The van der Waals surface area contributed by atoms with E-state index in [1.54, 1.807) is 0 Å².